The zero-order chi connectivity index (χ0) is 18.5. The van der Waals surface area contributed by atoms with Gasteiger partial charge in [-0.25, -0.2) is 4.98 Å². The van der Waals surface area contributed by atoms with Gasteiger partial charge in [-0.15, -0.1) is 0 Å². The topological polar surface area (TPSA) is 78.7 Å². The van der Waals surface area contributed by atoms with Gasteiger partial charge in [-0.3, -0.25) is 14.0 Å². The molecule has 0 aliphatic heterocycles. The first-order valence-electron chi connectivity index (χ1n) is 9.27. The van der Waals surface area contributed by atoms with Crippen molar-refractivity contribution in [3.63, 3.8) is 0 Å². The number of nitrogens with zero attached hydrogens (tertiary/aromatic N) is 3. The molecular weight excluding hydrogens is 330 g/mol. The van der Waals surface area contributed by atoms with Gasteiger partial charge < -0.3 is 15.5 Å². The van der Waals surface area contributed by atoms with E-state index in [0.29, 0.717) is 17.8 Å². The lowest BCUT2D eigenvalue weighted by molar-refractivity contribution is 0.0935. The maximum absolute atomic E-state index is 12.7. The number of carbonyl (C=O) groups is 2. The van der Waals surface area contributed by atoms with Crippen molar-refractivity contribution in [2.45, 2.75) is 38.1 Å². The Morgan fingerprint density at radius 2 is 2.00 bits per heavy atom. The number of hydrogen-bond donors (Lipinski definition) is 2. The van der Waals surface area contributed by atoms with E-state index < -0.39 is 0 Å². The van der Waals surface area contributed by atoms with Crippen LogP contribution < -0.4 is 10.6 Å². The molecule has 2 amide bonds. The van der Waals surface area contributed by atoms with E-state index in [4.69, 9.17) is 0 Å². The molecule has 140 valence electrons. The van der Waals surface area contributed by atoms with Crippen LogP contribution in [-0.2, 0) is 0 Å². The first kappa shape index (κ1) is 18.4. The number of fused-ring (bicyclic) bond motifs is 1. The Bertz CT molecular complexity index is 777. The number of carbonyl (C=O) groups excluding carboxylic acids is 2. The van der Waals surface area contributed by atoms with Crippen LogP contribution in [0, 0.1) is 0 Å². The van der Waals surface area contributed by atoms with Gasteiger partial charge in [0.15, 0.2) is 5.69 Å². The maximum atomic E-state index is 12.7. The van der Waals surface area contributed by atoms with Gasteiger partial charge in [0, 0.05) is 18.8 Å². The molecule has 0 saturated heterocycles. The van der Waals surface area contributed by atoms with Crippen LogP contribution in [0.25, 0.3) is 5.52 Å². The molecule has 0 unspecified atom stereocenters. The molecule has 1 aliphatic rings. The van der Waals surface area contributed by atoms with Gasteiger partial charge in [0.05, 0.1) is 5.52 Å². The summed E-state index contributed by atoms with van der Waals surface area (Å²) in [5.74, 6) is -0.209. The highest BCUT2D eigenvalue weighted by Gasteiger charge is 2.24. The summed E-state index contributed by atoms with van der Waals surface area (Å²) in [6.45, 7) is 1.47. The minimum Gasteiger partial charge on any atom is -0.349 e. The van der Waals surface area contributed by atoms with Crippen molar-refractivity contribution in [1.29, 1.82) is 0 Å². The molecule has 26 heavy (non-hydrogen) atoms. The number of pyridine rings is 1. The standard InChI is InChI=1S/C19H27N5O2/c1-23(2)12-7-11-20-19(26)17-22-16(15-10-5-6-13-24(15)17)18(25)21-14-8-3-4-9-14/h5-6,10,13-14H,3-4,7-9,11-12H2,1-2H3,(H,20,26)(H,21,25). The molecule has 1 aliphatic carbocycles. The summed E-state index contributed by atoms with van der Waals surface area (Å²) in [4.78, 5) is 31.7. The molecule has 2 aromatic rings. The summed E-state index contributed by atoms with van der Waals surface area (Å²) in [7, 11) is 4.00. The molecule has 0 bridgehead atoms. The molecule has 0 radical (unpaired) electrons. The highest BCUT2D eigenvalue weighted by molar-refractivity contribution is 6.02. The van der Waals surface area contributed by atoms with Crippen LogP contribution >= 0.6 is 0 Å². The Balaban J connectivity index is 1.76. The Morgan fingerprint density at radius 3 is 2.73 bits per heavy atom. The summed E-state index contributed by atoms with van der Waals surface area (Å²) in [5.41, 5.74) is 0.970. The number of hydrogen-bond acceptors (Lipinski definition) is 4. The normalized spacial score (nSPS) is 14.9. The van der Waals surface area contributed by atoms with Crippen molar-refractivity contribution in [2.75, 3.05) is 27.2 Å². The quantitative estimate of drug-likeness (QED) is 0.739. The van der Waals surface area contributed by atoms with Gasteiger partial charge in [-0.2, -0.15) is 0 Å². The predicted octanol–water partition coefficient (Wildman–Crippen LogP) is 1.69. The summed E-state index contributed by atoms with van der Waals surface area (Å²) in [5, 5.41) is 5.94. The lowest BCUT2D eigenvalue weighted by atomic mass is 10.2. The number of imidazole rings is 1. The summed E-state index contributed by atoms with van der Waals surface area (Å²) < 4.78 is 1.69. The summed E-state index contributed by atoms with van der Waals surface area (Å²) in [6, 6.07) is 5.71. The number of rotatable bonds is 7. The van der Waals surface area contributed by atoms with Crippen molar-refractivity contribution in [3.8, 4) is 0 Å². The molecule has 2 aromatic heterocycles. The Labute approximate surface area is 153 Å². The second-order valence-corrected chi connectivity index (χ2v) is 7.11. The third kappa shape index (κ3) is 4.22. The second kappa shape index (κ2) is 8.31. The molecule has 0 aromatic carbocycles. The van der Waals surface area contributed by atoms with E-state index in [1.807, 2.05) is 32.3 Å². The van der Waals surface area contributed by atoms with Crippen LogP contribution in [0.5, 0.6) is 0 Å². The van der Waals surface area contributed by atoms with Crippen LogP contribution in [0.2, 0.25) is 0 Å². The first-order valence-corrected chi connectivity index (χ1v) is 9.27. The van der Waals surface area contributed by atoms with E-state index in [-0.39, 0.29) is 23.7 Å². The van der Waals surface area contributed by atoms with Crippen LogP contribution in [0.15, 0.2) is 24.4 Å². The summed E-state index contributed by atoms with van der Waals surface area (Å²) >= 11 is 0. The van der Waals surface area contributed by atoms with Gasteiger partial charge in [0.25, 0.3) is 11.8 Å². The van der Waals surface area contributed by atoms with Crippen LogP contribution in [0.3, 0.4) is 0 Å². The Kier molecular flexibility index (Phi) is 5.88. The van der Waals surface area contributed by atoms with Crippen molar-refractivity contribution < 1.29 is 9.59 Å². The summed E-state index contributed by atoms with van der Waals surface area (Å²) in [6.07, 6.45) is 6.94. The van der Waals surface area contributed by atoms with E-state index >= 15 is 0 Å². The van der Waals surface area contributed by atoms with Gasteiger partial charge >= 0.3 is 0 Å². The molecular formula is C19H27N5O2. The highest BCUT2D eigenvalue weighted by atomic mass is 16.2. The SMILES string of the molecule is CN(C)CCCNC(=O)c1nc(C(=O)NC2CCCC2)c2ccccn12. The molecule has 3 rings (SSSR count). The van der Waals surface area contributed by atoms with E-state index in [0.717, 1.165) is 38.6 Å². The van der Waals surface area contributed by atoms with Crippen molar-refractivity contribution in [2.24, 2.45) is 0 Å². The average Bonchev–Trinajstić information content (AvgIpc) is 3.26. The van der Waals surface area contributed by atoms with Crippen molar-refractivity contribution in [3.05, 3.63) is 35.9 Å². The molecule has 1 saturated carbocycles. The minimum atomic E-state index is -0.259. The van der Waals surface area contributed by atoms with E-state index in [1.165, 1.54) is 0 Å². The van der Waals surface area contributed by atoms with Crippen LogP contribution in [0.1, 0.15) is 53.2 Å². The molecule has 0 spiro atoms. The van der Waals surface area contributed by atoms with E-state index in [1.54, 1.807) is 10.6 Å². The Morgan fingerprint density at radius 1 is 1.23 bits per heavy atom. The molecule has 1 fully saturated rings. The fraction of sp³-hybridized carbons (Fsp3) is 0.526. The van der Waals surface area contributed by atoms with Gasteiger partial charge in [-0.05, 0) is 52.0 Å². The predicted molar refractivity (Wildman–Crippen MR) is 100 cm³/mol. The third-order valence-corrected chi connectivity index (χ3v) is 4.72. The zero-order valence-corrected chi connectivity index (χ0v) is 15.5. The highest BCUT2D eigenvalue weighted by Crippen LogP contribution is 2.19. The maximum Gasteiger partial charge on any atom is 0.287 e. The monoisotopic (exact) mass is 357 g/mol. The van der Waals surface area contributed by atoms with Crippen molar-refractivity contribution >= 4 is 17.3 Å². The van der Waals surface area contributed by atoms with Crippen LogP contribution in [0.4, 0.5) is 0 Å². The minimum absolute atomic E-state index is 0.202. The fourth-order valence-corrected chi connectivity index (χ4v) is 3.37. The lowest BCUT2D eigenvalue weighted by Gasteiger charge is -2.10. The lowest BCUT2D eigenvalue weighted by Crippen LogP contribution is -2.33. The first-order chi connectivity index (χ1) is 12.6. The average molecular weight is 357 g/mol. The van der Waals surface area contributed by atoms with Gasteiger partial charge in [0.2, 0.25) is 5.82 Å². The van der Waals surface area contributed by atoms with E-state index in [2.05, 4.69) is 20.5 Å². The largest absolute Gasteiger partial charge is 0.349 e. The van der Waals surface area contributed by atoms with Crippen molar-refractivity contribution in [1.82, 2.24) is 24.9 Å². The molecule has 0 atom stereocenters. The Hall–Kier alpha value is -2.41. The van der Waals surface area contributed by atoms with Gasteiger partial charge in [0.1, 0.15) is 0 Å². The molecule has 7 nitrogen and oxygen atoms in total. The fourth-order valence-electron chi connectivity index (χ4n) is 3.37. The number of amides is 2. The number of nitrogens with one attached hydrogen (secondary N) is 2. The van der Waals surface area contributed by atoms with Gasteiger partial charge in [-0.1, -0.05) is 18.9 Å². The smallest absolute Gasteiger partial charge is 0.287 e. The molecule has 2 N–H and O–H groups in total. The molecule has 2 heterocycles. The zero-order valence-electron chi connectivity index (χ0n) is 15.5. The molecule has 7 heteroatoms. The second-order valence-electron chi connectivity index (χ2n) is 7.11. The van der Waals surface area contributed by atoms with E-state index in [9.17, 15) is 9.59 Å². The number of aromatic nitrogens is 2. The van der Waals surface area contributed by atoms with Crippen LogP contribution in [-0.4, -0.2) is 59.3 Å². The third-order valence-electron chi connectivity index (χ3n) is 4.72.